The van der Waals surface area contributed by atoms with Gasteiger partial charge in [0.05, 0.1) is 5.69 Å². The topological polar surface area (TPSA) is 62.3 Å². The predicted molar refractivity (Wildman–Crippen MR) is 75.6 cm³/mol. The number of anilines is 1. The molecule has 106 valence electrons. The van der Waals surface area contributed by atoms with Gasteiger partial charge in [-0.25, -0.2) is 8.42 Å². The summed E-state index contributed by atoms with van der Waals surface area (Å²) in [6.45, 7) is 6.00. The third kappa shape index (κ3) is 3.06. The lowest BCUT2D eigenvalue weighted by atomic mass is 10.0. The maximum Gasteiger partial charge on any atom is 0.246 e. The highest BCUT2D eigenvalue weighted by atomic mass is 32.2. The van der Waals surface area contributed by atoms with Gasteiger partial charge >= 0.3 is 0 Å². The first-order valence-electron chi connectivity index (χ1n) is 6.73. The average Bonchev–Trinajstić information content (AvgIpc) is 2.40. The fraction of sp³-hybridized carbons (Fsp3) is 0.615. The van der Waals surface area contributed by atoms with Crippen LogP contribution in [0.25, 0.3) is 0 Å². The van der Waals surface area contributed by atoms with Crippen molar-refractivity contribution in [3.05, 3.63) is 18.5 Å². The van der Waals surface area contributed by atoms with Gasteiger partial charge < -0.3 is 5.32 Å². The number of hydrogen-bond donors (Lipinski definition) is 1. The number of pyridine rings is 1. The van der Waals surface area contributed by atoms with E-state index < -0.39 is 10.0 Å². The zero-order valence-corrected chi connectivity index (χ0v) is 12.3. The van der Waals surface area contributed by atoms with E-state index in [0.717, 1.165) is 12.8 Å². The zero-order valence-electron chi connectivity index (χ0n) is 11.5. The number of hydrogen-bond acceptors (Lipinski definition) is 4. The molecule has 0 atom stereocenters. The van der Waals surface area contributed by atoms with Crippen LogP contribution in [0.3, 0.4) is 0 Å². The van der Waals surface area contributed by atoms with Gasteiger partial charge in [-0.2, -0.15) is 4.31 Å². The molecule has 2 heterocycles. The summed E-state index contributed by atoms with van der Waals surface area (Å²) in [6, 6.07) is 1.71. The second-order valence-corrected chi connectivity index (χ2v) is 6.90. The summed E-state index contributed by atoms with van der Waals surface area (Å²) in [7, 11) is -3.43. The average molecular weight is 283 g/mol. The van der Waals surface area contributed by atoms with Crippen LogP contribution < -0.4 is 5.32 Å². The van der Waals surface area contributed by atoms with Crippen molar-refractivity contribution in [1.82, 2.24) is 9.29 Å². The summed E-state index contributed by atoms with van der Waals surface area (Å²) in [5, 5.41) is 3.08. The number of nitrogens with one attached hydrogen (secondary N) is 1. The van der Waals surface area contributed by atoms with E-state index in [1.54, 1.807) is 16.6 Å². The van der Waals surface area contributed by atoms with Gasteiger partial charge in [-0.1, -0.05) is 6.92 Å². The molecule has 1 N–H and O–H groups in total. The normalized spacial score (nSPS) is 18.4. The molecule has 1 aromatic heterocycles. The Balaban J connectivity index is 2.29. The monoisotopic (exact) mass is 283 g/mol. The lowest BCUT2D eigenvalue weighted by Crippen LogP contribution is -2.38. The maximum absolute atomic E-state index is 12.6. The third-order valence-corrected chi connectivity index (χ3v) is 5.44. The van der Waals surface area contributed by atoms with Gasteiger partial charge in [0.1, 0.15) is 4.90 Å². The Hall–Kier alpha value is -1.14. The Bertz CT molecular complexity index is 522. The van der Waals surface area contributed by atoms with Crippen LogP contribution in [0.15, 0.2) is 23.4 Å². The first kappa shape index (κ1) is 14.3. The zero-order chi connectivity index (χ0) is 13.9. The number of rotatable bonds is 4. The molecule has 0 aliphatic carbocycles. The van der Waals surface area contributed by atoms with Crippen molar-refractivity contribution >= 4 is 15.7 Å². The standard InChI is InChI=1S/C13H21N3O2S/c1-3-15-12-4-7-14-10-13(12)19(17,18)16-8-5-11(2)6-9-16/h4,7,10-11H,3,5-6,8-9H2,1-2H3,(H,14,15). The van der Waals surface area contributed by atoms with Gasteiger partial charge in [-0.3, -0.25) is 4.98 Å². The number of sulfonamides is 1. The van der Waals surface area contributed by atoms with E-state index in [2.05, 4.69) is 17.2 Å². The van der Waals surface area contributed by atoms with Crippen molar-refractivity contribution < 1.29 is 8.42 Å². The molecule has 0 amide bonds. The third-order valence-electron chi connectivity index (χ3n) is 3.51. The molecule has 2 rings (SSSR count). The molecule has 1 aliphatic rings. The highest BCUT2D eigenvalue weighted by Crippen LogP contribution is 2.27. The Morgan fingerprint density at radius 2 is 2.11 bits per heavy atom. The Labute approximate surface area is 115 Å². The van der Waals surface area contributed by atoms with Crippen LogP contribution in [0.1, 0.15) is 26.7 Å². The van der Waals surface area contributed by atoms with E-state index in [1.165, 1.54) is 6.20 Å². The molecule has 1 saturated heterocycles. The first-order valence-corrected chi connectivity index (χ1v) is 8.17. The lowest BCUT2D eigenvalue weighted by Gasteiger charge is -2.29. The van der Waals surface area contributed by atoms with Crippen molar-refractivity contribution in [2.24, 2.45) is 5.92 Å². The summed E-state index contributed by atoms with van der Waals surface area (Å²) < 4.78 is 26.8. The summed E-state index contributed by atoms with van der Waals surface area (Å²) in [5.41, 5.74) is 0.635. The molecule has 6 heteroatoms. The molecule has 0 unspecified atom stereocenters. The highest BCUT2D eigenvalue weighted by Gasteiger charge is 2.29. The fourth-order valence-electron chi connectivity index (χ4n) is 2.29. The minimum atomic E-state index is -3.43. The van der Waals surface area contributed by atoms with Gasteiger partial charge in [0.2, 0.25) is 10.0 Å². The van der Waals surface area contributed by atoms with E-state index in [9.17, 15) is 8.42 Å². The van der Waals surface area contributed by atoms with Gasteiger partial charge in [-0.05, 0) is 31.7 Å². The van der Waals surface area contributed by atoms with Crippen molar-refractivity contribution in [3.8, 4) is 0 Å². The van der Waals surface area contributed by atoms with Gasteiger partial charge in [0, 0.05) is 32.0 Å². The molecule has 5 nitrogen and oxygen atoms in total. The van der Waals surface area contributed by atoms with E-state index >= 15 is 0 Å². The quantitative estimate of drug-likeness (QED) is 0.917. The number of aromatic nitrogens is 1. The number of piperidine rings is 1. The Kier molecular flexibility index (Phi) is 4.42. The second kappa shape index (κ2) is 5.88. The minimum absolute atomic E-state index is 0.284. The van der Waals surface area contributed by atoms with Crippen LogP contribution >= 0.6 is 0 Å². The molecule has 1 aromatic rings. The first-order chi connectivity index (χ1) is 9.05. The molecule has 1 aliphatic heterocycles. The SMILES string of the molecule is CCNc1ccncc1S(=O)(=O)N1CCC(C)CC1. The van der Waals surface area contributed by atoms with Crippen molar-refractivity contribution in [3.63, 3.8) is 0 Å². The number of nitrogens with zero attached hydrogens (tertiary/aromatic N) is 2. The smallest absolute Gasteiger partial charge is 0.246 e. The van der Waals surface area contributed by atoms with Crippen LogP contribution in [0.5, 0.6) is 0 Å². The van der Waals surface area contributed by atoms with Gasteiger partial charge in [-0.15, -0.1) is 0 Å². The van der Waals surface area contributed by atoms with Crippen molar-refractivity contribution in [2.75, 3.05) is 25.0 Å². The summed E-state index contributed by atoms with van der Waals surface area (Å²) in [5.74, 6) is 0.605. The second-order valence-electron chi connectivity index (χ2n) is 4.99. The molecule has 0 saturated carbocycles. The van der Waals surface area contributed by atoms with Crippen LogP contribution in [-0.4, -0.2) is 37.3 Å². The molecule has 0 bridgehead atoms. The van der Waals surface area contributed by atoms with Crippen LogP contribution in [0.4, 0.5) is 5.69 Å². The lowest BCUT2D eigenvalue weighted by molar-refractivity contribution is 0.288. The summed E-state index contributed by atoms with van der Waals surface area (Å²) in [6.07, 6.45) is 4.90. The summed E-state index contributed by atoms with van der Waals surface area (Å²) in [4.78, 5) is 4.24. The summed E-state index contributed by atoms with van der Waals surface area (Å²) >= 11 is 0. The molecule has 1 fully saturated rings. The Morgan fingerprint density at radius 1 is 1.42 bits per heavy atom. The maximum atomic E-state index is 12.6. The molecule has 19 heavy (non-hydrogen) atoms. The molecule has 0 aromatic carbocycles. The molecular formula is C13H21N3O2S. The molecular weight excluding hydrogens is 262 g/mol. The fourth-order valence-corrected chi connectivity index (χ4v) is 3.87. The van der Waals surface area contributed by atoms with Crippen molar-refractivity contribution in [2.45, 2.75) is 31.6 Å². The Morgan fingerprint density at radius 3 is 2.74 bits per heavy atom. The molecule has 0 radical (unpaired) electrons. The van der Waals surface area contributed by atoms with E-state index in [1.807, 2.05) is 6.92 Å². The highest BCUT2D eigenvalue weighted by molar-refractivity contribution is 7.89. The van der Waals surface area contributed by atoms with Crippen molar-refractivity contribution in [1.29, 1.82) is 0 Å². The minimum Gasteiger partial charge on any atom is -0.384 e. The van der Waals surface area contributed by atoms with E-state index in [4.69, 9.17) is 0 Å². The molecule has 0 spiro atoms. The predicted octanol–water partition coefficient (Wildman–Crippen LogP) is 1.93. The van der Waals surface area contributed by atoms with Crippen LogP contribution in [0, 0.1) is 5.92 Å². The van der Waals surface area contributed by atoms with Gasteiger partial charge in [0.15, 0.2) is 0 Å². The van der Waals surface area contributed by atoms with Gasteiger partial charge in [0.25, 0.3) is 0 Å². The van der Waals surface area contributed by atoms with Crippen LogP contribution in [0.2, 0.25) is 0 Å². The van der Waals surface area contributed by atoms with Crippen LogP contribution in [-0.2, 0) is 10.0 Å². The van der Waals surface area contributed by atoms with E-state index in [0.29, 0.717) is 31.2 Å². The van der Waals surface area contributed by atoms with E-state index in [-0.39, 0.29) is 4.90 Å². The largest absolute Gasteiger partial charge is 0.384 e.